The maximum atomic E-state index is 12.7. The fourth-order valence-electron chi connectivity index (χ4n) is 6.34. The van der Waals surface area contributed by atoms with Crippen LogP contribution in [0.25, 0.3) is 0 Å². The van der Waals surface area contributed by atoms with Gasteiger partial charge in [0.2, 0.25) is 5.91 Å². The minimum atomic E-state index is -4.36. The number of carbonyl (C=O) groups is 1. The molecule has 0 heterocycles. The topological polar surface area (TPSA) is 131 Å². The molecule has 1 amide bonds. The van der Waals surface area contributed by atoms with Crippen LogP contribution < -0.4 is 11.1 Å². The molecule has 9 heteroatoms. The van der Waals surface area contributed by atoms with Gasteiger partial charge in [-0.2, -0.15) is 0 Å². The molecule has 0 saturated carbocycles. The molecule has 57 heavy (non-hydrogen) atoms. The lowest BCUT2D eigenvalue weighted by Gasteiger charge is -2.23. The van der Waals surface area contributed by atoms with E-state index in [9.17, 15) is 19.4 Å². The van der Waals surface area contributed by atoms with Crippen molar-refractivity contribution in [3.05, 3.63) is 72.9 Å². The van der Waals surface area contributed by atoms with E-state index < -0.39 is 20.0 Å². The van der Waals surface area contributed by atoms with Gasteiger partial charge in [-0.1, -0.05) is 202 Å². The molecule has 0 aromatic carbocycles. The van der Waals surface area contributed by atoms with Crippen LogP contribution in [-0.4, -0.2) is 47.8 Å². The molecule has 0 bridgehead atoms. The maximum Gasteiger partial charge on any atom is 0.472 e. The predicted molar refractivity (Wildman–Crippen MR) is 244 cm³/mol. The molecular formula is C48H87N2O6P. The van der Waals surface area contributed by atoms with E-state index >= 15 is 0 Å². The Hall–Kier alpha value is -2.06. The molecule has 5 N–H and O–H groups in total. The molecule has 0 fully saturated rings. The van der Waals surface area contributed by atoms with E-state index in [1.165, 1.54) is 109 Å². The summed E-state index contributed by atoms with van der Waals surface area (Å²) in [6.07, 6.45) is 56.8. The molecular weight excluding hydrogens is 732 g/mol. The summed E-state index contributed by atoms with van der Waals surface area (Å²) in [6, 6.07) is -0.894. The van der Waals surface area contributed by atoms with Crippen LogP contribution in [0.3, 0.4) is 0 Å². The molecule has 3 unspecified atom stereocenters. The van der Waals surface area contributed by atoms with E-state index in [2.05, 4.69) is 79.9 Å². The zero-order chi connectivity index (χ0) is 41.8. The van der Waals surface area contributed by atoms with Gasteiger partial charge >= 0.3 is 7.82 Å². The minimum absolute atomic E-state index is 0.0663. The van der Waals surface area contributed by atoms with Crippen molar-refractivity contribution in [2.45, 2.75) is 206 Å². The normalized spacial score (nSPS) is 14.7. The summed E-state index contributed by atoms with van der Waals surface area (Å²) in [6.45, 7) is 3.98. The Morgan fingerprint density at radius 2 is 1.02 bits per heavy atom. The van der Waals surface area contributed by atoms with E-state index in [1.54, 1.807) is 6.08 Å². The van der Waals surface area contributed by atoms with Crippen molar-refractivity contribution in [3.8, 4) is 0 Å². The van der Waals surface area contributed by atoms with Crippen LogP contribution in [0.15, 0.2) is 72.9 Å². The number of rotatable bonds is 42. The molecule has 0 aromatic rings. The molecule has 0 aliphatic carbocycles. The van der Waals surface area contributed by atoms with Gasteiger partial charge in [0.1, 0.15) is 0 Å². The van der Waals surface area contributed by atoms with Gasteiger partial charge in [-0.15, -0.1) is 0 Å². The maximum absolute atomic E-state index is 12.7. The minimum Gasteiger partial charge on any atom is -0.387 e. The number of nitrogens with two attached hydrogens (primary N) is 1. The number of carbonyl (C=O) groups excluding carboxylic acids is 1. The van der Waals surface area contributed by atoms with Crippen LogP contribution in [0.2, 0.25) is 0 Å². The molecule has 0 aliphatic rings. The van der Waals surface area contributed by atoms with Crippen LogP contribution in [0.5, 0.6) is 0 Å². The molecule has 0 saturated heterocycles. The summed E-state index contributed by atoms with van der Waals surface area (Å²) in [5, 5.41) is 13.7. The molecule has 3 atom stereocenters. The van der Waals surface area contributed by atoms with Gasteiger partial charge in [-0.25, -0.2) is 4.57 Å². The average molecular weight is 819 g/mol. The van der Waals surface area contributed by atoms with Crippen molar-refractivity contribution in [2.24, 2.45) is 5.73 Å². The highest BCUT2D eigenvalue weighted by Crippen LogP contribution is 2.43. The van der Waals surface area contributed by atoms with Crippen LogP contribution in [-0.2, 0) is 18.4 Å². The van der Waals surface area contributed by atoms with Crippen molar-refractivity contribution >= 4 is 13.7 Å². The molecule has 0 aromatic heterocycles. The van der Waals surface area contributed by atoms with Crippen molar-refractivity contribution in [2.75, 3.05) is 19.8 Å². The van der Waals surface area contributed by atoms with Gasteiger partial charge in [0.05, 0.1) is 25.4 Å². The summed E-state index contributed by atoms with van der Waals surface area (Å²) in [5.41, 5.74) is 5.37. The SMILES string of the molecule is CC/C=C\C/C=C\C/C=C\C/C=C\C/C=C\CCCC(=O)NC(COP(=O)(O)OCCN)C(O)/C=C/CCCCCCCCCCCCCCCCCCCCC. The first-order valence-electron chi connectivity index (χ1n) is 23.1. The third kappa shape index (κ3) is 41.9. The summed E-state index contributed by atoms with van der Waals surface area (Å²) in [4.78, 5) is 22.7. The Labute approximate surface area is 350 Å². The van der Waals surface area contributed by atoms with E-state index in [-0.39, 0.29) is 32.1 Å². The second-order valence-electron chi connectivity index (χ2n) is 15.2. The zero-order valence-corrected chi connectivity index (χ0v) is 37.4. The molecule has 0 rings (SSSR count). The standard InChI is InChI=1S/C48H87N2O6P/c1-3-5-7-9-11-13-15-17-19-21-22-23-24-26-27-29-31-33-35-37-39-41-47(51)46(45-56-57(53,54)55-44-43-49)50-48(52)42-40-38-36-34-32-30-28-25-20-18-16-14-12-10-8-6-4-2/h6,8,12,14,18,20,28,30,34,36,39,41,46-47,51H,3-5,7,9-11,13,15-17,19,21-27,29,31-33,35,37-38,40,42-45,49H2,1-2H3,(H,50,52)(H,53,54)/b8-6-,14-12-,20-18-,30-28-,36-34-,41-39+. The van der Waals surface area contributed by atoms with E-state index in [1.807, 2.05) is 6.08 Å². The quantitative estimate of drug-likeness (QED) is 0.0274. The van der Waals surface area contributed by atoms with E-state index in [0.717, 1.165) is 57.8 Å². The van der Waals surface area contributed by atoms with Crippen LogP contribution >= 0.6 is 7.82 Å². The zero-order valence-electron chi connectivity index (χ0n) is 36.6. The lowest BCUT2D eigenvalue weighted by molar-refractivity contribution is -0.122. The number of hydrogen-bond acceptors (Lipinski definition) is 6. The monoisotopic (exact) mass is 819 g/mol. The number of amides is 1. The lowest BCUT2D eigenvalue weighted by atomic mass is 10.0. The van der Waals surface area contributed by atoms with Gasteiger partial charge in [0, 0.05) is 13.0 Å². The number of nitrogens with one attached hydrogen (secondary N) is 1. The van der Waals surface area contributed by atoms with Crippen molar-refractivity contribution < 1.29 is 28.4 Å². The van der Waals surface area contributed by atoms with Gasteiger partial charge in [0.15, 0.2) is 0 Å². The van der Waals surface area contributed by atoms with Crippen molar-refractivity contribution in [3.63, 3.8) is 0 Å². The van der Waals surface area contributed by atoms with Crippen LogP contribution in [0.1, 0.15) is 194 Å². The largest absolute Gasteiger partial charge is 0.472 e. The van der Waals surface area contributed by atoms with Gasteiger partial charge in [-0.3, -0.25) is 13.8 Å². The Morgan fingerprint density at radius 1 is 0.596 bits per heavy atom. The third-order valence-electron chi connectivity index (χ3n) is 9.79. The Morgan fingerprint density at radius 3 is 1.47 bits per heavy atom. The molecule has 8 nitrogen and oxygen atoms in total. The lowest BCUT2D eigenvalue weighted by Crippen LogP contribution is -2.45. The average Bonchev–Trinajstić information content (AvgIpc) is 3.20. The molecule has 330 valence electrons. The number of hydrogen-bond donors (Lipinski definition) is 4. The Balaban J connectivity index is 4.27. The van der Waals surface area contributed by atoms with Crippen LogP contribution in [0.4, 0.5) is 0 Å². The predicted octanol–water partition coefficient (Wildman–Crippen LogP) is 13.2. The molecule has 0 spiro atoms. The van der Waals surface area contributed by atoms with Crippen LogP contribution in [0, 0.1) is 0 Å². The highest BCUT2D eigenvalue weighted by Gasteiger charge is 2.26. The number of phosphoric acid groups is 1. The second kappa shape index (κ2) is 43.5. The van der Waals surface area contributed by atoms with Gasteiger partial charge in [0.25, 0.3) is 0 Å². The number of aliphatic hydroxyl groups is 1. The molecule has 0 aliphatic heterocycles. The highest BCUT2D eigenvalue weighted by atomic mass is 31.2. The first-order chi connectivity index (χ1) is 27.9. The number of phosphoric ester groups is 1. The van der Waals surface area contributed by atoms with E-state index in [4.69, 9.17) is 14.8 Å². The fraction of sp³-hybridized carbons (Fsp3) is 0.729. The Kier molecular flexibility index (Phi) is 41.9. The number of unbranched alkanes of at least 4 members (excludes halogenated alkanes) is 20. The summed E-state index contributed by atoms with van der Waals surface area (Å²) < 4.78 is 22.1. The van der Waals surface area contributed by atoms with Gasteiger partial charge < -0.3 is 21.1 Å². The highest BCUT2D eigenvalue weighted by molar-refractivity contribution is 7.47. The number of allylic oxidation sites excluding steroid dienone is 11. The van der Waals surface area contributed by atoms with Crippen molar-refractivity contribution in [1.82, 2.24) is 5.32 Å². The first kappa shape index (κ1) is 54.9. The van der Waals surface area contributed by atoms with Crippen molar-refractivity contribution in [1.29, 1.82) is 0 Å². The molecule has 0 radical (unpaired) electrons. The van der Waals surface area contributed by atoms with E-state index in [0.29, 0.717) is 6.42 Å². The fourth-order valence-corrected chi connectivity index (χ4v) is 7.10. The van der Waals surface area contributed by atoms with Gasteiger partial charge in [-0.05, 0) is 57.8 Å². The first-order valence-corrected chi connectivity index (χ1v) is 24.6. The second-order valence-corrected chi connectivity index (χ2v) is 16.7. The third-order valence-corrected chi connectivity index (χ3v) is 10.8. The Bertz CT molecular complexity index is 1120. The number of aliphatic hydroxyl groups excluding tert-OH is 1. The summed E-state index contributed by atoms with van der Waals surface area (Å²) in [7, 11) is -4.36. The smallest absolute Gasteiger partial charge is 0.387 e. The summed E-state index contributed by atoms with van der Waals surface area (Å²) >= 11 is 0. The summed E-state index contributed by atoms with van der Waals surface area (Å²) in [5.74, 6) is -0.252.